The van der Waals surface area contributed by atoms with Crippen molar-refractivity contribution in [2.75, 3.05) is 5.32 Å². The highest BCUT2D eigenvalue weighted by atomic mass is 35.5. The highest BCUT2D eigenvalue weighted by Crippen LogP contribution is 2.40. The first kappa shape index (κ1) is 22.7. The second-order valence-corrected chi connectivity index (χ2v) is 8.29. The van der Waals surface area contributed by atoms with E-state index in [9.17, 15) is 18.4 Å². The molecule has 1 aliphatic rings. The Morgan fingerprint density at radius 3 is 2.67 bits per heavy atom. The van der Waals surface area contributed by atoms with Crippen molar-refractivity contribution in [3.8, 4) is 0 Å². The number of hydrogen-bond donors (Lipinski definition) is 2. The van der Waals surface area contributed by atoms with Crippen molar-refractivity contribution in [2.45, 2.75) is 31.9 Å². The maximum absolute atomic E-state index is 14.9. The lowest BCUT2D eigenvalue weighted by molar-refractivity contribution is 0.102. The van der Waals surface area contributed by atoms with Gasteiger partial charge in [-0.3, -0.25) is 9.78 Å². The van der Waals surface area contributed by atoms with E-state index in [-0.39, 0.29) is 22.8 Å². The van der Waals surface area contributed by atoms with Crippen LogP contribution in [0, 0.1) is 11.6 Å². The summed E-state index contributed by atoms with van der Waals surface area (Å²) in [5.41, 5.74) is 0.822. The number of ether oxygens (including phenoxy) is 1. The van der Waals surface area contributed by atoms with Gasteiger partial charge in [0, 0.05) is 23.0 Å². The van der Waals surface area contributed by atoms with Crippen LogP contribution in [-0.2, 0) is 23.3 Å². The standard InChI is InChI=1S/C24H20ClF2N3O3/c1-24(30-23(32)33-13-15-4-2-3-11-28-15)10-9-16-17(6-8-20(27)21(16)24)22(31)29-14-5-7-19(26)18(25)12-14/h2-8,11-12H,9-10,13H2,1H3,(H,29,31)(H,30,32). The molecule has 0 aliphatic heterocycles. The van der Waals surface area contributed by atoms with Crippen LogP contribution in [0.4, 0.5) is 19.3 Å². The van der Waals surface area contributed by atoms with E-state index in [4.69, 9.17) is 16.3 Å². The minimum absolute atomic E-state index is 0.0270. The Morgan fingerprint density at radius 1 is 1.15 bits per heavy atom. The molecule has 0 bridgehead atoms. The van der Waals surface area contributed by atoms with Crippen LogP contribution in [0.15, 0.2) is 54.7 Å². The summed E-state index contributed by atoms with van der Waals surface area (Å²) < 4.78 is 33.5. The normalized spacial score (nSPS) is 16.7. The molecule has 0 saturated heterocycles. The van der Waals surface area contributed by atoms with Gasteiger partial charge in [-0.2, -0.15) is 0 Å². The highest BCUT2D eigenvalue weighted by molar-refractivity contribution is 6.31. The lowest BCUT2D eigenvalue weighted by Gasteiger charge is -2.27. The summed E-state index contributed by atoms with van der Waals surface area (Å²) in [4.78, 5) is 29.4. The van der Waals surface area contributed by atoms with Crippen LogP contribution in [0.3, 0.4) is 0 Å². The molecule has 1 atom stereocenters. The molecule has 0 saturated carbocycles. The third-order valence-electron chi connectivity index (χ3n) is 5.57. The van der Waals surface area contributed by atoms with E-state index in [1.165, 1.54) is 24.3 Å². The monoisotopic (exact) mass is 471 g/mol. The number of amides is 2. The predicted octanol–water partition coefficient (Wildman–Crippen LogP) is 5.35. The number of benzene rings is 2. The molecule has 0 fully saturated rings. The molecule has 1 heterocycles. The lowest BCUT2D eigenvalue weighted by Crippen LogP contribution is -2.42. The van der Waals surface area contributed by atoms with Crippen LogP contribution in [-0.4, -0.2) is 17.0 Å². The molecule has 2 amide bonds. The largest absolute Gasteiger partial charge is 0.443 e. The van der Waals surface area contributed by atoms with Crippen LogP contribution in [0.5, 0.6) is 0 Å². The maximum atomic E-state index is 14.9. The number of fused-ring (bicyclic) bond motifs is 1. The minimum Gasteiger partial charge on any atom is -0.443 e. The van der Waals surface area contributed by atoms with E-state index >= 15 is 0 Å². The summed E-state index contributed by atoms with van der Waals surface area (Å²) in [7, 11) is 0. The van der Waals surface area contributed by atoms with Crippen LogP contribution < -0.4 is 10.6 Å². The zero-order chi connectivity index (χ0) is 23.6. The maximum Gasteiger partial charge on any atom is 0.408 e. The third kappa shape index (κ3) is 4.80. The summed E-state index contributed by atoms with van der Waals surface area (Å²) in [5, 5.41) is 5.26. The van der Waals surface area contributed by atoms with Gasteiger partial charge < -0.3 is 15.4 Å². The Hall–Kier alpha value is -3.52. The van der Waals surface area contributed by atoms with E-state index < -0.39 is 29.2 Å². The Labute approximate surface area is 193 Å². The quantitative estimate of drug-likeness (QED) is 0.525. The van der Waals surface area contributed by atoms with Gasteiger partial charge in [-0.1, -0.05) is 17.7 Å². The van der Waals surface area contributed by atoms with Crippen molar-refractivity contribution in [3.63, 3.8) is 0 Å². The van der Waals surface area contributed by atoms with Gasteiger partial charge in [0.2, 0.25) is 0 Å². The average molecular weight is 472 g/mol. The van der Waals surface area contributed by atoms with Crippen LogP contribution >= 0.6 is 11.6 Å². The van der Waals surface area contributed by atoms with Gasteiger partial charge in [0.15, 0.2) is 0 Å². The van der Waals surface area contributed by atoms with Gasteiger partial charge in [-0.05, 0) is 67.8 Å². The van der Waals surface area contributed by atoms with Crippen LogP contribution in [0.25, 0.3) is 0 Å². The van der Waals surface area contributed by atoms with Gasteiger partial charge in [0.1, 0.15) is 18.2 Å². The number of carbonyl (C=O) groups is 2. The van der Waals surface area contributed by atoms with Gasteiger partial charge >= 0.3 is 6.09 Å². The fourth-order valence-electron chi connectivity index (χ4n) is 3.97. The van der Waals surface area contributed by atoms with Crippen molar-refractivity contribution in [3.05, 3.63) is 93.8 Å². The second kappa shape index (κ2) is 9.15. The third-order valence-corrected chi connectivity index (χ3v) is 5.86. The summed E-state index contributed by atoms with van der Waals surface area (Å²) in [5.74, 6) is -1.62. The SMILES string of the molecule is CC1(NC(=O)OCc2ccccn2)CCc2c(C(=O)Nc3ccc(F)c(Cl)c3)ccc(F)c21. The number of halogens is 3. The zero-order valence-corrected chi connectivity index (χ0v) is 18.4. The molecule has 0 radical (unpaired) electrons. The van der Waals surface area contributed by atoms with Crippen molar-refractivity contribution in [1.82, 2.24) is 10.3 Å². The molecule has 1 aliphatic carbocycles. The van der Waals surface area contributed by atoms with Crippen molar-refractivity contribution in [1.29, 1.82) is 0 Å². The fraction of sp³-hybridized carbons (Fsp3) is 0.208. The lowest BCUT2D eigenvalue weighted by atomic mass is 9.92. The fourth-order valence-corrected chi connectivity index (χ4v) is 4.15. The number of nitrogens with one attached hydrogen (secondary N) is 2. The molecule has 2 aromatic carbocycles. The number of rotatable bonds is 5. The number of hydrogen-bond acceptors (Lipinski definition) is 4. The molecule has 4 rings (SSSR count). The molecule has 9 heteroatoms. The van der Waals surface area contributed by atoms with E-state index in [0.717, 1.165) is 6.07 Å². The number of aromatic nitrogens is 1. The number of alkyl carbamates (subject to hydrolysis) is 1. The van der Waals surface area contributed by atoms with Crippen molar-refractivity contribution >= 4 is 29.3 Å². The molecule has 1 aromatic heterocycles. The first-order chi connectivity index (χ1) is 15.8. The Bertz CT molecular complexity index is 1220. The number of pyridine rings is 1. The topological polar surface area (TPSA) is 80.3 Å². The van der Waals surface area contributed by atoms with Crippen LogP contribution in [0.2, 0.25) is 5.02 Å². The van der Waals surface area contributed by atoms with Crippen LogP contribution in [0.1, 0.15) is 40.5 Å². The molecular formula is C24H20ClF2N3O3. The molecule has 6 nitrogen and oxygen atoms in total. The van der Waals surface area contributed by atoms with Crippen molar-refractivity contribution < 1.29 is 23.1 Å². The first-order valence-electron chi connectivity index (χ1n) is 10.2. The molecule has 1 unspecified atom stereocenters. The first-order valence-corrected chi connectivity index (χ1v) is 10.6. The summed E-state index contributed by atoms with van der Waals surface area (Å²) in [6, 6.07) is 11.6. The van der Waals surface area contributed by atoms with Gasteiger partial charge in [-0.15, -0.1) is 0 Å². The van der Waals surface area contributed by atoms with E-state index in [0.29, 0.717) is 29.8 Å². The van der Waals surface area contributed by atoms with Gasteiger partial charge in [0.25, 0.3) is 5.91 Å². The predicted molar refractivity (Wildman–Crippen MR) is 119 cm³/mol. The second-order valence-electron chi connectivity index (χ2n) is 7.89. The number of nitrogens with zero attached hydrogens (tertiary/aromatic N) is 1. The molecule has 2 N–H and O–H groups in total. The van der Waals surface area contributed by atoms with E-state index in [1.807, 2.05) is 0 Å². The number of anilines is 1. The summed E-state index contributed by atoms with van der Waals surface area (Å²) in [6.07, 6.45) is 1.63. The Balaban J connectivity index is 1.52. The Morgan fingerprint density at radius 2 is 1.94 bits per heavy atom. The average Bonchev–Trinajstić information content (AvgIpc) is 3.13. The van der Waals surface area contributed by atoms with Gasteiger partial charge in [-0.25, -0.2) is 13.6 Å². The van der Waals surface area contributed by atoms with Gasteiger partial charge in [0.05, 0.1) is 16.3 Å². The minimum atomic E-state index is -1.06. The molecular weight excluding hydrogens is 452 g/mol. The smallest absolute Gasteiger partial charge is 0.408 e. The number of carbonyl (C=O) groups excluding carboxylic acids is 2. The zero-order valence-electron chi connectivity index (χ0n) is 17.6. The summed E-state index contributed by atoms with van der Waals surface area (Å²) in [6.45, 7) is 1.66. The molecule has 170 valence electrons. The summed E-state index contributed by atoms with van der Waals surface area (Å²) >= 11 is 5.78. The molecule has 3 aromatic rings. The van der Waals surface area contributed by atoms with Crippen molar-refractivity contribution in [2.24, 2.45) is 0 Å². The van der Waals surface area contributed by atoms with E-state index in [2.05, 4.69) is 15.6 Å². The highest BCUT2D eigenvalue weighted by Gasteiger charge is 2.40. The molecule has 0 spiro atoms. The Kier molecular flexibility index (Phi) is 6.29. The van der Waals surface area contributed by atoms with E-state index in [1.54, 1.807) is 31.3 Å². The molecule has 33 heavy (non-hydrogen) atoms.